The Balaban J connectivity index is 2.24. The molecule has 0 atom stereocenters. The first kappa shape index (κ1) is 16.4. The number of hydrogen-bond donors (Lipinski definition) is 0. The normalized spacial score (nSPS) is 17.4. The summed E-state index contributed by atoms with van der Waals surface area (Å²) in [4.78, 5) is 0.252. The Bertz CT molecular complexity index is 584. The fourth-order valence-corrected chi connectivity index (χ4v) is 4.94. The van der Waals surface area contributed by atoms with Crippen molar-refractivity contribution < 1.29 is 12.8 Å². The van der Waals surface area contributed by atoms with Crippen molar-refractivity contribution in [3.63, 3.8) is 0 Å². The lowest BCUT2D eigenvalue weighted by molar-refractivity contribution is 0.300. The maximum Gasteiger partial charge on any atom is 0.243 e. The van der Waals surface area contributed by atoms with Gasteiger partial charge in [0.05, 0.1) is 4.90 Å². The maximum absolute atomic E-state index is 13.4. The van der Waals surface area contributed by atoms with E-state index in [4.69, 9.17) is 0 Å². The van der Waals surface area contributed by atoms with Crippen molar-refractivity contribution in [1.29, 1.82) is 0 Å². The van der Waals surface area contributed by atoms with Crippen molar-refractivity contribution >= 4 is 10.0 Å². The van der Waals surface area contributed by atoms with Gasteiger partial charge in [0.1, 0.15) is 5.82 Å². The third-order valence-electron chi connectivity index (χ3n) is 4.33. The van der Waals surface area contributed by atoms with Crippen LogP contribution in [0.1, 0.15) is 43.2 Å². The molecular formula is C16H24FNO2S. The number of hydrogen-bond acceptors (Lipinski definition) is 2. The molecule has 0 saturated heterocycles. The molecule has 1 aromatic rings. The summed E-state index contributed by atoms with van der Waals surface area (Å²) in [6, 6.07) is 2.57. The van der Waals surface area contributed by atoms with Crippen molar-refractivity contribution in [1.82, 2.24) is 4.31 Å². The average Bonchev–Trinajstić information content (AvgIpc) is 2.38. The zero-order chi connectivity index (χ0) is 15.6. The van der Waals surface area contributed by atoms with Gasteiger partial charge in [-0.25, -0.2) is 17.1 Å². The second-order valence-electron chi connectivity index (χ2n) is 6.16. The van der Waals surface area contributed by atoms with Crippen molar-refractivity contribution in [2.24, 2.45) is 5.92 Å². The molecule has 3 nitrogen and oxygen atoms in total. The lowest BCUT2D eigenvalue weighted by Crippen LogP contribution is -2.33. The van der Waals surface area contributed by atoms with E-state index in [9.17, 15) is 12.8 Å². The number of sulfonamides is 1. The highest BCUT2D eigenvalue weighted by Crippen LogP contribution is 2.28. The van der Waals surface area contributed by atoms with Gasteiger partial charge in [-0.15, -0.1) is 0 Å². The zero-order valence-corrected chi connectivity index (χ0v) is 13.8. The minimum atomic E-state index is -3.55. The van der Waals surface area contributed by atoms with Crippen LogP contribution < -0.4 is 0 Å². The minimum Gasteiger partial charge on any atom is -0.207 e. The van der Waals surface area contributed by atoms with Gasteiger partial charge >= 0.3 is 0 Å². The fraction of sp³-hybridized carbons (Fsp3) is 0.625. The molecule has 1 aliphatic rings. The van der Waals surface area contributed by atoms with Crippen LogP contribution in [-0.2, 0) is 10.0 Å². The van der Waals surface area contributed by atoms with Crippen LogP contribution in [0.3, 0.4) is 0 Å². The van der Waals surface area contributed by atoms with E-state index in [1.807, 2.05) is 0 Å². The van der Waals surface area contributed by atoms with Crippen molar-refractivity contribution in [3.8, 4) is 0 Å². The molecule has 118 valence electrons. The molecule has 0 heterocycles. The van der Waals surface area contributed by atoms with Gasteiger partial charge in [-0.05, 0) is 55.9 Å². The Labute approximate surface area is 127 Å². The number of aryl methyl sites for hydroxylation is 2. The van der Waals surface area contributed by atoms with Crippen LogP contribution in [0.2, 0.25) is 0 Å². The summed E-state index contributed by atoms with van der Waals surface area (Å²) in [7, 11) is -1.92. The van der Waals surface area contributed by atoms with Crippen molar-refractivity contribution in [2.45, 2.75) is 50.8 Å². The Morgan fingerprint density at radius 2 is 1.67 bits per heavy atom. The van der Waals surface area contributed by atoms with E-state index in [1.54, 1.807) is 20.9 Å². The molecule has 0 spiro atoms. The molecule has 5 heteroatoms. The predicted octanol–water partition coefficient (Wildman–Crippen LogP) is 3.64. The Morgan fingerprint density at radius 3 is 2.19 bits per heavy atom. The summed E-state index contributed by atoms with van der Waals surface area (Å²) in [5, 5.41) is 0. The molecule has 1 fully saturated rings. The minimum absolute atomic E-state index is 0.252. The molecule has 0 amide bonds. The monoisotopic (exact) mass is 313 g/mol. The highest BCUT2D eigenvalue weighted by atomic mass is 32.2. The Hall–Kier alpha value is -0.940. The molecular weight excluding hydrogens is 289 g/mol. The smallest absolute Gasteiger partial charge is 0.207 e. The molecule has 0 unspecified atom stereocenters. The molecule has 0 bridgehead atoms. The van der Waals surface area contributed by atoms with Gasteiger partial charge in [0.25, 0.3) is 0 Å². The second-order valence-corrected chi connectivity index (χ2v) is 8.14. The summed E-state index contributed by atoms with van der Waals surface area (Å²) in [6.45, 7) is 3.85. The van der Waals surface area contributed by atoms with Crippen LogP contribution in [0.5, 0.6) is 0 Å². The van der Waals surface area contributed by atoms with Crippen LogP contribution in [-0.4, -0.2) is 26.3 Å². The molecule has 0 aliphatic heterocycles. The number of benzene rings is 1. The van der Waals surface area contributed by atoms with E-state index in [-0.39, 0.29) is 10.7 Å². The SMILES string of the molecule is Cc1cc(F)cc(C)c1S(=O)(=O)N(C)CC1CCCCC1. The molecule has 1 aliphatic carbocycles. The van der Waals surface area contributed by atoms with Crippen molar-refractivity contribution in [3.05, 3.63) is 29.1 Å². The van der Waals surface area contributed by atoms with Crippen LogP contribution in [0.4, 0.5) is 4.39 Å². The summed E-state index contributed by atoms with van der Waals surface area (Å²) >= 11 is 0. The van der Waals surface area contributed by atoms with Gasteiger partial charge in [0.2, 0.25) is 10.0 Å². The van der Waals surface area contributed by atoms with E-state index in [0.29, 0.717) is 23.6 Å². The zero-order valence-electron chi connectivity index (χ0n) is 13.0. The Morgan fingerprint density at radius 1 is 1.14 bits per heavy atom. The maximum atomic E-state index is 13.4. The van der Waals surface area contributed by atoms with Crippen LogP contribution in [0, 0.1) is 25.6 Å². The van der Waals surface area contributed by atoms with Crippen LogP contribution in [0.25, 0.3) is 0 Å². The van der Waals surface area contributed by atoms with Gasteiger partial charge in [0.15, 0.2) is 0 Å². The highest BCUT2D eigenvalue weighted by Gasteiger charge is 2.27. The molecule has 0 radical (unpaired) electrons. The first-order valence-corrected chi connectivity index (χ1v) is 8.99. The van der Waals surface area contributed by atoms with E-state index >= 15 is 0 Å². The van der Waals surface area contributed by atoms with Gasteiger partial charge < -0.3 is 0 Å². The second kappa shape index (κ2) is 6.44. The fourth-order valence-electron chi connectivity index (χ4n) is 3.29. The third kappa shape index (κ3) is 3.64. The van der Waals surface area contributed by atoms with Crippen LogP contribution >= 0.6 is 0 Å². The largest absolute Gasteiger partial charge is 0.243 e. The standard InChI is InChI=1S/C16H24FNO2S/c1-12-9-15(17)10-13(2)16(12)21(19,20)18(3)11-14-7-5-4-6-8-14/h9-10,14H,4-8,11H2,1-3H3. The van der Waals surface area contributed by atoms with Gasteiger partial charge in [-0.3, -0.25) is 0 Å². The van der Waals surface area contributed by atoms with Crippen LogP contribution in [0.15, 0.2) is 17.0 Å². The number of rotatable bonds is 4. The van der Waals surface area contributed by atoms with Gasteiger partial charge in [-0.2, -0.15) is 0 Å². The summed E-state index contributed by atoms with van der Waals surface area (Å²) in [5.41, 5.74) is 0.950. The topological polar surface area (TPSA) is 37.4 Å². The summed E-state index contributed by atoms with van der Waals surface area (Å²) in [5.74, 6) is 0.0541. The lowest BCUT2D eigenvalue weighted by Gasteiger charge is -2.27. The van der Waals surface area contributed by atoms with Gasteiger partial charge in [-0.1, -0.05) is 19.3 Å². The summed E-state index contributed by atoms with van der Waals surface area (Å²) in [6.07, 6.45) is 5.83. The predicted molar refractivity (Wildman–Crippen MR) is 82.3 cm³/mol. The molecule has 0 aromatic heterocycles. The first-order chi connectivity index (χ1) is 9.82. The van der Waals surface area contributed by atoms with Gasteiger partial charge in [0, 0.05) is 13.6 Å². The third-order valence-corrected chi connectivity index (χ3v) is 6.46. The van der Waals surface area contributed by atoms with Crippen molar-refractivity contribution in [2.75, 3.05) is 13.6 Å². The Kier molecular flexibility index (Phi) is 5.04. The summed E-state index contributed by atoms with van der Waals surface area (Å²) < 4.78 is 40.3. The van der Waals surface area contributed by atoms with E-state index in [0.717, 1.165) is 12.8 Å². The van der Waals surface area contributed by atoms with E-state index in [2.05, 4.69) is 0 Å². The molecule has 1 saturated carbocycles. The average molecular weight is 313 g/mol. The molecule has 21 heavy (non-hydrogen) atoms. The molecule has 2 rings (SSSR count). The number of nitrogens with zero attached hydrogens (tertiary/aromatic N) is 1. The number of halogens is 1. The molecule has 1 aromatic carbocycles. The van der Waals surface area contributed by atoms with E-state index in [1.165, 1.54) is 35.7 Å². The quantitative estimate of drug-likeness (QED) is 0.851. The lowest BCUT2D eigenvalue weighted by atomic mass is 9.89. The highest BCUT2D eigenvalue weighted by molar-refractivity contribution is 7.89. The molecule has 0 N–H and O–H groups in total. The van der Waals surface area contributed by atoms with E-state index < -0.39 is 10.0 Å². The first-order valence-electron chi connectivity index (χ1n) is 7.55.